The molecule has 5 nitrogen and oxygen atoms in total. The second-order valence-electron chi connectivity index (χ2n) is 6.68. The maximum atomic E-state index is 12.8. The Kier molecular flexibility index (Phi) is 6.81. The number of carbonyl (C=O) groups excluding carboxylic acids is 1. The fraction of sp³-hybridized carbons (Fsp3) is 0.333. The molecule has 0 radical (unpaired) electrons. The molecule has 148 valence electrons. The summed E-state index contributed by atoms with van der Waals surface area (Å²) in [5.74, 6) is -0.173. The quantitative estimate of drug-likeness (QED) is 0.537. The minimum Gasteiger partial charge on any atom is -0.493 e. The van der Waals surface area contributed by atoms with Gasteiger partial charge in [-0.25, -0.2) is 0 Å². The molecule has 1 aliphatic heterocycles. The molecule has 0 spiro atoms. The number of rotatable bonds is 9. The number of hydrogen-bond donors (Lipinski definition) is 1. The van der Waals surface area contributed by atoms with E-state index in [1.54, 1.807) is 29.2 Å². The minimum atomic E-state index is -0.758. The van der Waals surface area contributed by atoms with Gasteiger partial charge in [0.1, 0.15) is 5.75 Å². The van der Waals surface area contributed by atoms with Crippen LogP contribution in [0.15, 0.2) is 36.4 Å². The first-order valence-corrected chi connectivity index (χ1v) is 9.96. The van der Waals surface area contributed by atoms with Crippen LogP contribution < -0.4 is 9.64 Å². The SMILES string of the molecule is O=C(O)CCCCCCOc1cccc2c1CN(c1ccc(Cl)cc1Cl)C2=O. The van der Waals surface area contributed by atoms with Crippen molar-refractivity contribution in [1.82, 2.24) is 0 Å². The van der Waals surface area contributed by atoms with Crippen molar-refractivity contribution in [3.8, 4) is 5.75 Å². The van der Waals surface area contributed by atoms with Gasteiger partial charge in [-0.15, -0.1) is 0 Å². The lowest BCUT2D eigenvalue weighted by Gasteiger charge is -2.17. The summed E-state index contributed by atoms with van der Waals surface area (Å²) in [6.45, 7) is 0.920. The Morgan fingerprint density at radius 3 is 2.64 bits per heavy atom. The van der Waals surface area contributed by atoms with Crippen LogP contribution in [0.5, 0.6) is 5.75 Å². The minimum absolute atomic E-state index is 0.113. The van der Waals surface area contributed by atoms with Gasteiger partial charge in [-0.1, -0.05) is 42.1 Å². The van der Waals surface area contributed by atoms with Gasteiger partial charge < -0.3 is 14.7 Å². The van der Waals surface area contributed by atoms with E-state index < -0.39 is 5.97 Å². The Labute approximate surface area is 173 Å². The molecule has 0 atom stereocenters. The van der Waals surface area contributed by atoms with Crippen LogP contribution in [-0.4, -0.2) is 23.6 Å². The maximum Gasteiger partial charge on any atom is 0.303 e. The Balaban J connectivity index is 1.61. The van der Waals surface area contributed by atoms with Crippen LogP contribution in [0.1, 0.15) is 48.0 Å². The van der Waals surface area contributed by atoms with Crippen molar-refractivity contribution in [3.63, 3.8) is 0 Å². The second-order valence-corrected chi connectivity index (χ2v) is 7.52. The Morgan fingerprint density at radius 2 is 1.89 bits per heavy atom. The summed E-state index contributed by atoms with van der Waals surface area (Å²) < 4.78 is 5.91. The predicted octanol–water partition coefficient (Wildman–Crippen LogP) is 5.57. The number of halogens is 2. The number of amides is 1. The molecule has 0 saturated carbocycles. The summed E-state index contributed by atoms with van der Waals surface area (Å²) >= 11 is 12.2. The first-order valence-electron chi connectivity index (χ1n) is 9.21. The highest BCUT2D eigenvalue weighted by Gasteiger charge is 2.32. The maximum absolute atomic E-state index is 12.8. The zero-order valence-electron chi connectivity index (χ0n) is 15.3. The van der Waals surface area contributed by atoms with Gasteiger partial charge in [0.05, 0.1) is 23.9 Å². The van der Waals surface area contributed by atoms with Crippen LogP contribution in [-0.2, 0) is 11.3 Å². The van der Waals surface area contributed by atoms with Crippen LogP contribution >= 0.6 is 23.2 Å². The Hall–Kier alpha value is -2.24. The number of unbranched alkanes of at least 4 members (excludes halogenated alkanes) is 3. The smallest absolute Gasteiger partial charge is 0.303 e. The molecule has 1 aliphatic rings. The topological polar surface area (TPSA) is 66.8 Å². The van der Waals surface area contributed by atoms with Gasteiger partial charge in [-0.05, 0) is 43.2 Å². The molecule has 2 aromatic carbocycles. The number of carbonyl (C=O) groups is 2. The summed E-state index contributed by atoms with van der Waals surface area (Å²) in [6.07, 6.45) is 3.50. The lowest BCUT2D eigenvalue weighted by molar-refractivity contribution is -0.137. The van der Waals surface area contributed by atoms with E-state index in [9.17, 15) is 9.59 Å². The molecular formula is C21H21Cl2NO4. The number of aliphatic carboxylic acids is 1. The van der Waals surface area contributed by atoms with Crippen LogP contribution in [0, 0.1) is 0 Å². The summed E-state index contributed by atoms with van der Waals surface area (Å²) in [5, 5.41) is 9.59. The first kappa shape index (κ1) is 20.5. The fourth-order valence-corrected chi connectivity index (χ4v) is 3.76. The normalized spacial score (nSPS) is 12.9. The van der Waals surface area contributed by atoms with Gasteiger partial charge in [-0.2, -0.15) is 0 Å². The van der Waals surface area contributed by atoms with E-state index in [-0.39, 0.29) is 12.3 Å². The first-order chi connectivity index (χ1) is 13.5. The van der Waals surface area contributed by atoms with Gasteiger partial charge in [-0.3, -0.25) is 9.59 Å². The third-order valence-corrected chi connectivity index (χ3v) is 5.21. The number of anilines is 1. The molecule has 0 aliphatic carbocycles. The van der Waals surface area contributed by atoms with Crippen LogP contribution in [0.2, 0.25) is 10.0 Å². The van der Waals surface area contributed by atoms with Crippen LogP contribution in [0.25, 0.3) is 0 Å². The van der Waals surface area contributed by atoms with Crippen LogP contribution in [0.3, 0.4) is 0 Å². The summed E-state index contributed by atoms with van der Waals surface area (Å²) in [5.41, 5.74) is 2.09. The average molecular weight is 422 g/mol. The summed E-state index contributed by atoms with van der Waals surface area (Å²) in [4.78, 5) is 25.0. The van der Waals surface area contributed by atoms with E-state index in [0.717, 1.165) is 24.8 Å². The van der Waals surface area contributed by atoms with Crippen LogP contribution in [0.4, 0.5) is 5.69 Å². The van der Waals surface area contributed by atoms with Crippen molar-refractivity contribution in [1.29, 1.82) is 0 Å². The standard InChI is InChI=1S/C21H21Cl2NO4/c22-14-9-10-18(17(23)12-14)24-13-16-15(21(24)27)6-5-7-19(16)28-11-4-2-1-3-8-20(25)26/h5-7,9-10,12H,1-4,8,11,13H2,(H,25,26). The van der Waals surface area contributed by atoms with E-state index in [1.807, 2.05) is 12.1 Å². The number of fused-ring (bicyclic) bond motifs is 1. The molecule has 0 aromatic heterocycles. The average Bonchev–Trinajstić information content (AvgIpc) is 2.98. The van der Waals surface area contributed by atoms with Gasteiger partial charge >= 0.3 is 5.97 Å². The van der Waals surface area contributed by atoms with Gasteiger partial charge in [0, 0.05) is 22.6 Å². The molecule has 2 aromatic rings. The van der Waals surface area contributed by atoms with E-state index in [2.05, 4.69) is 0 Å². The highest BCUT2D eigenvalue weighted by Crippen LogP contribution is 2.37. The highest BCUT2D eigenvalue weighted by molar-refractivity contribution is 6.37. The summed E-state index contributed by atoms with van der Waals surface area (Å²) in [6, 6.07) is 10.5. The van der Waals surface area contributed by atoms with E-state index in [0.29, 0.717) is 46.6 Å². The van der Waals surface area contributed by atoms with Crippen molar-refractivity contribution < 1.29 is 19.4 Å². The Morgan fingerprint density at radius 1 is 1.11 bits per heavy atom. The van der Waals surface area contributed by atoms with Crippen molar-refractivity contribution >= 4 is 40.8 Å². The molecule has 3 rings (SSSR count). The number of hydrogen-bond acceptors (Lipinski definition) is 3. The largest absolute Gasteiger partial charge is 0.493 e. The summed E-state index contributed by atoms with van der Waals surface area (Å²) in [7, 11) is 0. The number of carboxylic acid groups (broad SMARTS) is 1. The van der Waals surface area contributed by atoms with Crippen molar-refractivity contribution in [3.05, 3.63) is 57.6 Å². The molecule has 0 unspecified atom stereocenters. The monoisotopic (exact) mass is 421 g/mol. The third kappa shape index (κ3) is 4.78. The zero-order valence-corrected chi connectivity index (χ0v) is 16.8. The fourth-order valence-electron chi connectivity index (χ4n) is 3.25. The molecule has 0 bridgehead atoms. The molecule has 28 heavy (non-hydrogen) atoms. The molecule has 0 fully saturated rings. The van der Waals surface area contributed by atoms with E-state index >= 15 is 0 Å². The number of benzene rings is 2. The van der Waals surface area contributed by atoms with Crippen molar-refractivity contribution in [2.24, 2.45) is 0 Å². The third-order valence-electron chi connectivity index (χ3n) is 4.67. The zero-order chi connectivity index (χ0) is 20.1. The van der Waals surface area contributed by atoms with Crippen molar-refractivity contribution in [2.45, 2.75) is 38.6 Å². The second kappa shape index (κ2) is 9.30. The highest BCUT2D eigenvalue weighted by atomic mass is 35.5. The van der Waals surface area contributed by atoms with Gasteiger partial charge in [0.25, 0.3) is 5.91 Å². The van der Waals surface area contributed by atoms with Gasteiger partial charge in [0.2, 0.25) is 0 Å². The molecule has 1 heterocycles. The predicted molar refractivity (Wildman–Crippen MR) is 110 cm³/mol. The number of ether oxygens (including phenoxy) is 1. The van der Waals surface area contributed by atoms with E-state index in [1.165, 1.54) is 0 Å². The number of carboxylic acids is 1. The Bertz CT molecular complexity index is 885. The van der Waals surface area contributed by atoms with E-state index in [4.69, 9.17) is 33.0 Å². The molecule has 1 amide bonds. The van der Waals surface area contributed by atoms with Gasteiger partial charge in [0.15, 0.2) is 0 Å². The molecular weight excluding hydrogens is 401 g/mol. The molecule has 7 heteroatoms. The lowest BCUT2D eigenvalue weighted by Crippen LogP contribution is -2.23. The number of nitrogens with zero attached hydrogens (tertiary/aromatic N) is 1. The molecule has 1 N–H and O–H groups in total. The van der Waals surface area contributed by atoms with Crippen molar-refractivity contribution in [2.75, 3.05) is 11.5 Å². The molecule has 0 saturated heterocycles. The lowest BCUT2D eigenvalue weighted by atomic mass is 10.1.